The first-order chi connectivity index (χ1) is 13.5. The van der Waals surface area contributed by atoms with Crippen LogP contribution in [0.1, 0.15) is 27.7 Å². The monoisotopic (exact) mass is 417 g/mol. The molecule has 1 unspecified atom stereocenters. The highest BCUT2D eigenvalue weighted by Gasteiger charge is 2.20. The van der Waals surface area contributed by atoms with Crippen molar-refractivity contribution in [2.45, 2.75) is 25.8 Å². The fraction of sp³-hybridized carbons (Fsp3) is 0.333. The fourth-order valence-electron chi connectivity index (χ4n) is 3.18. The van der Waals surface area contributed by atoms with Gasteiger partial charge in [0.05, 0.1) is 9.21 Å². The minimum Gasteiger partial charge on any atom is -0.336 e. The van der Waals surface area contributed by atoms with Crippen LogP contribution in [-0.4, -0.2) is 42.9 Å². The third kappa shape index (κ3) is 5.22. The van der Waals surface area contributed by atoms with Crippen molar-refractivity contribution in [1.29, 1.82) is 0 Å². The molecule has 0 saturated carbocycles. The number of fused-ring (bicyclic) bond motifs is 1. The minimum absolute atomic E-state index is 0.278. The predicted octanol–water partition coefficient (Wildman–Crippen LogP) is 3.75. The van der Waals surface area contributed by atoms with Gasteiger partial charge in [-0.25, -0.2) is 0 Å². The number of carbonyl (C=O) groups is 2. The lowest BCUT2D eigenvalue weighted by atomic mass is 10.0. The van der Waals surface area contributed by atoms with Crippen molar-refractivity contribution in [2.75, 3.05) is 25.5 Å². The number of benzene rings is 1. The van der Waals surface area contributed by atoms with Crippen LogP contribution in [0.4, 0.5) is 5.69 Å². The highest BCUT2D eigenvalue weighted by Crippen LogP contribution is 2.22. The summed E-state index contributed by atoms with van der Waals surface area (Å²) >= 11 is 7.08. The van der Waals surface area contributed by atoms with E-state index < -0.39 is 6.04 Å². The van der Waals surface area contributed by atoms with Crippen molar-refractivity contribution in [1.82, 2.24) is 10.2 Å². The molecule has 2 amide bonds. The summed E-state index contributed by atoms with van der Waals surface area (Å²) in [6.07, 6.45) is 5.39. The standard InChI is InChI=1S/C21H24ClN3O2S/c1-3-4-17(24-21(27)18-7-8-19(22)28-18)20(26)23-16-6-5-14-9-11-25(2)12-10-15(14)13-16/h3-8,13,17H,9-12H2,1-2H3,(H,23,26)(H,24,27)/b4-3+. The molecule has 1 atom stereocenters. The molecule has 0 fully saturated rings. The summed E-state index contributed by atoms with van der Waals surface area (Å²) in [6.45, 7) is 3.86. The van der Waals surface area contributed by atoms with Gasteiger partial charge in [0.15, 0.2) is 0 Å². The number of nitrogens with one attached hydrogen (secondary N) is 2. The molecule has 1 aromatic carbocycles. The molecule has 2 heterocycles. The summed E-state index contributed by atoms with van der Waals surface area (Å²) in [5.41, 5.74) is 3.34. The smallest absolute Gasteiger partial charge is 0.262 e. The van der Waals surface area contributed by atoms with E-state index in [1.807, 2.05) is 19.1 Å². The molecule has 2 aromatic rings. The summed E-state index contributed by atoms with van der Waals surface area (Å²) in [5.74, 6) is -0.597. The van der Waals surface area contributed by atoms with Gasteiger partial charge in [0.1, 0.15) is 6.04 Å². The zero-order valence-electron chi connectivity index (χ0n) is 16.0. The fourth-order valence-corrected chi connectivity index (χ4v) is 4.12. The second kappa shape index (κ2) is 9.37. The average molecular weight is 418 g/mol. The third-order valence-corrected chi connectivity index (χ3v) is 5.98. The maximum atomic E-state index is 12.8. The molecule has 2 N–H and O–H groups in total. The van der Waals surface area contributed by atoms with Crippen LogP contribution in [-0.2, 0) is 17.6 Å². The number of halogens is 1. The lowest BCUT2D eigenvalue weighted by Gasteiger charge is -2.16. The molecule has 0 bridgehead atoms. The Balaban J connectivity index is 1.69. The zero-order chi connectivity index (χ0) is 20.1. The summed E-state index contributed by atoms with van der Waals surface area (Å²) < 4.78 is 0.535. The molecule has 1 aromatic heterocycles. The molecule has 3 rings (SSSR count). The van der Waals surface area contributed by atoms with Crippen molar-refractivity contribution >= 4 is 40.4 Å². The normalized spacial score (nSPS) is 15.7. The van der Waals surface area contributed by atoms with Crippen LogP contribution < -0.4 is 10.6 Å². The Kier molecular flexibility index (Phi) is 6.88. The zero-order valence-corrected chi connectivity index (χ0v) is 17.6. The van der Waals surface area contributed by atoms with Crippen LogP contribution >= 0.6 is 22.9 Å². The van der Waals surface area contributed by atoms with Gasteiger partial charge in [-0.15, -0.1) is 11.3 Å². The average Bonchev–Trinajstić information content (AvgIpc) is 3.02. The van der Waals surface area contributed by atoms with E-state index in [0.29, 0.717) is 9.21 Å². The second-order valence-electron chi connectivity index (χ2n) is 6.86. The molecule has 0 aliphatic carbocycles. The molecule has 7 heteroatoms. The van der Waals surface area contributed by atoms with Crippen LogP contribution in [0, 0.1) is 0 Å². The topological polar surface area (TPSA) is 61.4 Å². The molecule has 148 valence electrons. The minimum atomic E-state index is -0.761. The summed E-state index contributed by atoms with van der Waals surface area (Å²) in [6, 6.07) is 8.61. The van der Waals surface area contributed by atoms with Crippen molar-refractivity contribution in [2.24, 2.45) is 0 Å². The van der Waals surface area contributed by atoms with Gasteiger partial charge in [0.2, 0.25) is 0 Å². The number of likely N-dealkylation sites (N-methyl/N-ethyl adjacent to an activating group) is 1. The number of anilines is 1. The highest BCUT2D eigenvalue weighted by atomic mass is 35.5. The van der Waals surface area contributed by atoms with E-state index in [0.717, 1.165) is 31.6 Å². The Labute approximate surface area is 174 Å². The van der Waals surface area contributed by atoms with E-state index in [-0.39, 0.29) is 11.8 Å². The van der Waals surface area contributed by atoms with Crippen LogP contribution in [0.5, 0.6) is 0 Å². The number of allylic oxidation sites excluding steroid dienone is 1. The quantitative estimate of drug-likeness (QED) is 0.728. The third-order valence-electron chi connectivity index (χ3n) is 4.75. The van der Waals surface area contributed by atoms with Gasteiger partial charge in [-0.05, 0) is 62.2 Å². The number of hydrogen-bond donors (Lipinski definition) is 2. The number of hydrogen-bond acceptors (Lipinski definition) is 4. The maximum Gasteiger partial charge on any atom is 0.262 e. The Morgan fingerprint density at radius 1 is 1.18 bits per heavy atom. The Bertz CT molecular complexity index is 894. The molecule has 0 spiro atoms. The van der Waals surface area contributed by atoms with Gasteiger partial charge in [0.25, 0.3) is 11.8 Å². The van der Waals surface area contributed by atoms with Crippen LogP contribution in [0.15, 0.2) is 42.5 Å². The van der Waals surface area contributed by atoms with Crippen molar-refractivity contribution in [3.8, 4) is 0 Å². The van der Waals surface area contributed by atoms with Gasteiger partial charge in [-0.2, -0.15) is 0 Å². The SMILES string of the molecule is C/C=C/C(NC(=O)c1ccc(Cl)s1)C(=O)Nc1ccc2c(c1)CCN(C)CC2. The number of carbonyl (C=O) groups excluding carboxylic acids is 2. The van der Waals surface area contributed by atoms with Gasteiger partial charge in [-0.1, -0.05) is 29.8 Å². The summed E-state index contributed by atoms with van der Waals surface area (Å²) in [5, 5.41) is 5.68. The Morgan fingerprint density at radius 3 is 2.61 bits per heavy atom. The molecule has 5 nitrogen and oxygen atoms in total. The molecular formula is C21H24ClN3O2S. The Hall–Kier alpha value is -2.15. The van der Waals surface area contributed by atoms with Gasteiger partial charge < -0.3 is 15.5 Å². The lowest BCUT2D eigenvalue weighted by molar-refractivity contribution is -0.117. The van der Waals surface area contributed by atoms with Crippen LogP contribution in [0.25, 0.3) is 0 Å². The van der Waals surface area contributed by atoms with E-state index >= 15 is 0 Å². The van der Waals surface area contributed by atoms with E-state index in [1.165, 1.54) is 22.5 Å². The molecular weight excluding hydrogens is 394 g/mol. The van der Waals surface area contributed by atoms with E-state index in [2.05, 4.69) is 28.6 Å². The number of rotatable bonds is 5. The lowest BCUT2D eigenvalue weighted by Crippen LogP contribution is -2.42. The van der Waals surface area contributed by atoms with Gasteiger partial charge >= 0.3 is 0 Å². The second-order valence-corrected chi connectivity index (χ2v) is 8.57. The number of thiophene rings is 1. The first-order valence-corrected chi connectivity index (χ1v) is 10.5. The molecule has 28 heavy (non-hydrogen) atoms. The van der Waals surface area contributed by atoms with Crippen molar-refractivity contribution < 1.29 is 9.59 Å². The molecule has 0 radical (unpaired) electrons. The Morgan fingerprint density at radius 2 is 1.93 bits per heavy atom. The van der Waals surface area contributed by atoms with Crippen LogP contribution in [0.3, 0.4) is 0 Å². The first kappa shape index (κ1) is 20.6. The molecule has 0 saturated heterocycles. The molecule has 1 aliphatic heterocycles. The first-order valence-electron chi connectivity index (χ1n) is 9.26. The summed E-state index contributed by atoms with van der Waals surface area (Å²) in [4.78, 5) is 27.9. The number of nitrogens with zero attached hydrogens (tertiary/aromatic N) is 1. The van der Waals surface area contributed by atoms with E-state index in [9.17, 15) is 9.59 Å². The largest absolute Gasteiger partial charge is 0.336 e. The van der Waals surface area contributed by atoms with E-state index in [1.54, 1.807) is 24.3 Å². The highest BCUT2D eigenvalue weighted by molar-refractivity contribution is 7.18. The van der Waals surface area contributed by atoms with Gasteiger partial charge in [-0.3, -0.25) is 9.59 Å². The predicted molar refractivity (Wildman–Crippen MR) is 115 cm³/mol. The number of amides is 2. The molecule has 1 aliphatic rings. The van der Waals surface area contributed by atoms with Gasteiger partial charge in [0, 0.05) is 18.8 Å². The summed E-state index contributed by atoms with van der Waals surface area (Å²) in [7, 11) is 2.12. The van der Waals surface area contributed by atoms with E-state index in [4.69, 9.17) is 11.6 Å². The van der Waals surface area contributed by atoms with Crippen LogP contribution in [0.2, 0.25) is 4.34 Å². The maximum absolute atomic E-state index is 12.8. The van der Waals surface area contributed by atoms with Crippen molar-refractivity contribution in [3.63, 3.8) is 0 Å². The van der Waals surface area contributed by atoms with Crippen molar-refractivity contribution in [3.05, 3.63) is 62.8 Å².